The standard InChI is InChI=1S/C33H38BrN3O3/c1-35-31(38)28(22-24-14-11-19-27(34)20-24)36-32(39)29(21-23-12-5-2-6-13-23)37-33(40)30(25-15-7-3-8-16-25)26-17-9-4-10-18-26/h2-3,5-8,11-16,19-20,26,28-30H,4,9-10,17-18,21-22H2,1H3,(H,35,38)(H,36,39)(H,37,40)/t28-,29-,30?/m0/s1. The third-order valence-electron chi connectivity index (χ3n) is 7.69. The molecule has 0 aliphatic heterocycles. The number of likely N-dealkylation sites (N-methyl/N-ethyl adjacent to an activating group) is 1. The third-order valence-corrected chi connectivity index (χ3v) is 8.18. The number of halogens is 1. The lowest BCUT2D eigenvalue weighted by Gasteiger charge is -2.31. The van der Waals surface area contributed by atoms with E-state index >= 15 is 0 Å². The third kappa shape index (κ3) is 8.28. The van der Waals surface area contributed by atoms with Crippen LogP contribution in [-0.2, 0) is 27.2 Å². The first kappa shape index (κ1) is 29.5. The molecule has 0 heterocycles. The van der Waals surface area contributed by atoms with Crippen molar-refractivity contribution < 1.29 is 14.4 Å². The molecule has 3 aromatic rings. The molecule has 1 fully saturated rings. The van der Waals surface area contributed by atoms with E-state index in [1.54, 1.807) is 7.05 Å². The van der Waals surface area contributed by atoms with Crippen LogP contribution in [0.5, 0.6) is 0 Å². The van der Waals surface area contributed by atoms with E-state index in [4.69, 9.17) is 0 Å². The average Bonchev–Trinajstić information content (AvgIpc) is 2.98. The lowest BCUT2D eigenvalue weighted by Crippen LogP contribution is -2.55. The van der Waals surface area contributed by atoms with Gasteiger partial charge in [0, 0.05) is 24.4 Å². The molecular weight excluding hydrogens is 566 g/mol. The fraction of sp³-hybridized carbons (Fsp3) is 0.364. The summed E-state index contributed by atoms with van der Waals surface area (Å²) in [6.07, 6.45) is 6.05. The zero-order valence-electron chi connectivity index (χ0n) is 22.9. The normalized spacial score (nSPS) is 15.8. The first-order valence-electron chi connectivity index (χ1n) is 14.1. The molecule has 1 unspecified atom stereocenters. The Kier molecular flexibility index (Phi) is 10.9. The van der Waals surface area contributed by atoms with Crippen molar-refractivity contribution in [2.24, 2.45) is 5.92 Å². The van der Waals surface area contributed by atoms with Crippen molar-refractivity contribution in [3.8, 4) is 0 Å². The van der Waals surface area contributed by atoms with Gasteiger partial charge in [0.15, 0.2) is 0 Å². The van der Waals surface area contributed by atoms with Crippen molar-refractivity contribution in [3.63, 3.8) is 0 Å². The maximum atomic E-state index is 14.0. The summed E-state index contributed by atoms with van der Waals surface area (Å²) < 4.78 is 0.899. The molecule has 0 saturated heterocycles. The van der Waals surface area contributed by atoms with E-state index in [0.29, 0.717) is 12.8 Å². The van der Waals surface area contributed by atoms with Crippen LogP contribution in [0.1, 0.15) is 54.7 Å². The smallest absolute Gasteiger partial charge is 0.243 e. The summed E-state index contributed by atoms with van der Waals surface area (Å²) in [6, 6.07) is 25.6. The zero-order valence-corrected chi connectivity index (χ0v) is 24.5. The topological polar surface area (TPSA) is 87.3 Å². The van der Waals surface area contributed by atoms with Crippen molar-refractivity contribution in [2.45, 2.75) is 62.9 Å². The minimum Gasteiger partial charge on any atom is -0.357 e. The predicted molar refractivity (Wildman–Crippen MR) is 162 cm³/mol. The van der Waals surface area contributed by atoms with Crippen molar-refractivity contribution in [1.29, 1.82) is 0 Å². The molecule has 0 spiro atoms. The Morgan fingerprint density at radius 3 is 1.95 bits per heavy atom. The van der Waals surface area contributed by atoms with Crippen LogP contribution in [0, 0.1) is 5.92 Å². The van der Waals surface area contributed by atoms with Crippen LogP contribution in [0.3, 0.4) is 0 Å². The molecule has 3 atom stereocenters. The molecule has 7 heteroatoms. The summed E-state index contributed by atoms with van der Waals surface area (Å²) in [7, 11) is 1.56. The highest BCUT2D eigenvalue weighted by molar-refractivity contribution is 9.10. The highest BCUT2D eigenvalue weighted by Gasteiger charge is 2.34. The molecule has 0 radical (unpaired) electrons. The van der Waals surface area contributed by atoms with Crippen LogP contribution in [0.15, 0.2) is 89.4 Å². The van der Waals surface area contributed by atoms with Gasteiger partial charge in [0.2, 0.25) is 17.7 Å². The molecule has 1 aliphatic carbocycles. The SMILES string of the molecule is CNC(=O)[C@H](Cc1cccc(Br)c1)NC(=O)[C@H](Cc1ccccc1)NC(=O)C(c1ccccc1)C1CCCCC1. The minimum absolute atomic E-state index is 0.141. The molecule has 40 heavy (non-hydrogen) atoms. The number of carbonyl (C=O) groups excluding carboxylic acids is 3. The van der Waals surface area contributed by atoms with Crippen molar-refractivity contribution >= 4 is 33.7 Å². The molecule has 1 aliphatic rings. The second-order valence-corrected chi connectivity index (χ2v) is 11.5. The minimum atomic E-state index is -0.834. The van der Waals surface area contributed by atoms with Gasteiger partial charge in [-0.05, 0) is 47.6 Å². The number of nitrogens with one attached hydrogen (secondary N) is 3. The zero-order chi connectivity index (χ0) is 28.3. The van der Waals surface area contributed by atoms with Gasteiger partial charge in [-0.25, -0.2) is 0 Å². The second kappa shape index (κ2) is 14.8. The number of hydrogen-bond acceptors (Lipinski definition) is 3. The fourth-order valence-corrected chi connectivity index (χ4v) is 6.09. The van der Waals surface area contributed by atoms with Gasteiger partial charge in [0.1, 0.15) is 12.1 Å². The maximum absolute atomic E-state index is 14.0. The van der Waals surface area contributed by atoms with Gasteiger partial charge < -0.3 is 16.0 Å². The Morgan fingerprint density at radius 1 is 0.725 bits per heavy atom. The second-order valence-electron chi connectivity index (χ2n) is 10.5. The van der Waals surface area contributed by atoms with Crippen molar-refractivity contribution in [2.75, 3.05) is 7.05 Å². The van der Waals surface area contributed by atoms with Gasteiger partial charge in [-0.1, -0.05) is 108 Å². The first-order valence-corrected chi connectivity index (χ1v) is 14.9. The monoisotopic (exact) mass is 603 g/mol. The van der Waals surface area contributed by atoms with Crippen molar-refractivity contribution in [1.82, 2.24) is 16.0 Å². The van der Waals surface area contributed by atoms with Gasteiger partial charge in [0.25, 0.3) is 0 Å². The molecule has 4 rings (SSSR count). The Hall–Kier alpha value is -3.45. The van der Waals surface area contributed by atoms with Crippen LogP contribution >= 0.6 is 15.9 Å². The number of rotatable bonds is 11. The van der Waals surface area contributed by atoms with E-state index in [9.17, 15) is 14.4 Å². The summed E-state index contributed by atoms with van der Waals surface area (Å²) in [5.41, 5.74) is 2.82. The van der Waals surface area contributed by atoms with Gasteiger partial charge in [-0.3, -0.25) is 14.4 Å². The molecule has 210 valence electrons. The molecule has 3 aromatic carbocycles. The average molecular weight is 605 g/mol. The Labute approximate surface area is 245 Å². The Bertz CT molecular complexity index is 1260. The van der Waals surface area contributed by atoms with Crippen LogP contribution in [0.2, 0.25) is 0 Å². The van der Waals surface area contributed by atoms with E-state index in [1.807, 2.05) is 84.9 Å². The summed E-state index contributed by atoms with van der Waals surface area (Å²) in [4.78, 5) is 40.6. The largest absolute Gasteiger partial charge is 0.357 e. The van der Waals surface area contributed by atoms with Crippen LogP contribution in [0.4, 0.5) is 0 Å². The molecule has 6 nitrogen and oxygen atoms in total. The predicted octanol–water partition coefficient (Wildman–Crippen LogP) is 5.31. The van der Waals surface area contributed by atoms with E-state index in [0.717, 1.165) is 46.8 Å². The summed E-state index contributed by atoms with van der Waals surface area (Å²) in [5, 5.41) is 8.71. The molecule has 0 bridgehead atoms. The number of hydrogen-bond donors (Lipinski definition) is 3. The van der Waals surface area contributed by atoms with Crippen LogP contribution < -0.4 is 16.0 Å². The van der Waals surface area contributed by atoms with E-state index in [2.05, 4.69) is 31.9 Å². The van der Waals surface area contributed by atoms with Gasteiger partial charge >= 0.3 is 0 Å². The van der Waals surface area contributed by atoms with Crippen LogP contribution in [-0.4, -0.2) is 36.9 Å². The van der Waals surface area contributed by atoms with Gasteiger partial charge in [0.05, 0.1) is 5.92 Å². The fourth-order valence-electron chi connectivity index (χ4n) is 5.64. The number of amides is 3. The molecule has 3 N–H and O–H groups in total. The Morgan fingerprint density at radius 2 is 1.30 bits per heavy atom. The van der Waals surface area contributed by atoms with Gasteiger partial charge in [-0.15, -0.1) is 0 Å². The van der Waals surface area contributed by atoms with E-state index in [1.165, 1.54) is 6.42 Å². The van der Waals surface area contributed by atoms with E-state index < -0.39 is 12.1 Å². The number of carbonyl (C=O) groups is 3. The van der Waals surface area contributed by atoms with Crippen LogP contribution in [0.25, 0.3) is 0 Å². The summed E-state index contributed by atoms with van der Waals surface area (Å²) in [5.74, 6) is -0.910. The molecular formula is C33H38BrN3O3. The van der Waals surface area contributed by atoms with Gasteiger partial charge in [-0.2, -0.15) is 0 Å². The summed E-state index contributed by atoms with van der Waals surface area (Å²) in [6.45, 7) is 0. The van der Waals surface area contributed by atoms with Crippen molar-refractivity contribution in [3.05, 3.63) is 106 Å². The Balaban J connectivity index is 1.58. The lowest BCUT2D eigenvalue weighted by atomic mass is 9.76. The first-order chi connectivity index (χ1) is 19.4. The molecule has 3 amide bonds. The summed E-state index contributed by atoms with van der Waals surface area (Å²) >= 11 is 3.47. The number of benzene rings is 3. The van der Waals surface area contributed by atoms with E-state index in [-0.39, 0.29) is 29.6 Å². The highest BCUT2D eigenvalue weighted by atomic mass is 79.9. The lowest BCUT2D eigenvalue weighted by molar-refractivity contribution is -0.132. The molecule has 1 saturated carbocycles. The maximum Gasteiger partial charge on any atom is 0.243 e. The molecule has 0 aromatic heterocycles. The quantitative estimate of drug-likeness (QED) is 0.277. The highest BCUT2D eigenvalue weighted by Crippen LogP contribution is 2.36.